The summed E-state index contributed by atoms with van der Waals surface area (Å²) in [5.74, 6) is -2.81. The molecule has 152 valence electrons. The number of hydrogen-bond acceptors (Lipinski definition) is 5. The number of aliphatic carboxylic acids is 1. The topological polar surface area (TPSA) is 103 Å². The Morgan fingerprint density at radius 2 is 1.93 bits per heavy atom. The minimum atomic E-state index is -1.08. The highest BCUT2D eigenvalue weighted by Crippen LogP contribution is 2.22. The van der Waals surface area contributed by atoms with Gasteiger partial charge in [-0.15, -0.1) is 0 Å². The molecular formula is C20H15F2N5O3. The Morgan fingerprint density at radius 1 is 1.13 bits per heavy atom. The predicted molar refractivity (Wildman–Crippen MR) is 102 cm³/mol. The molecule has 4 aromatic rings. The molecule has 3 heterocycles. The second-order valence-electron chi connectivity index (χ2n) is 6.75. The second-order valence-corrected chi connectivity index (χ2v) is 6.75. The van der Waals surface area contributed by atoms with Gasteiger partial charge < -0.3 is 5.11 Å². The number of carbonyl (C=O) groups excluding carboxylic acids is 1. The monoisotopic (exact) mass is 411 g/mol. The van der Waals surface area contributed by atoms with Crippen LogP contribution in [0.1, 0.15) is 16.1 Å². The number of fused-ring (bicyclic) bond motifs is 1. The molecule has 0 unspecified atom stereocenters. The largest absolute Gasteiger partial charge is 0.480 e. The van der Waals surface area contributed by atoms with Crippen LogP contribution in [0.3, 0.4) is 0 Å². The van der Waals surface area contributed by atoms with Crippen LogP contribution in [0.5, 0.6) is 0 Å². The summed E-state index contributed by atoms with van der Waals surface area (Å²) in [6.45, 7) is -0.360. The number of aromatic nitrogens is 5. The fraction of sp³-hybridized carbons (Fsp3) is 0.150. The number of halogens is 2. The standard InChI is InChI=1S/C20H15F2N5O3/c1-26-8-13(7-23-26)20-14(21)2-3-16(24-20)18(28)5-11-4-12-9-27(10-19(29)30)25-17(12)6-15(11)22/h2-4,6-9H,5,10H2,1H3,(H,29,30). The van der Waals surface area contributed by atoms with Crippen molar-refractivity contribution in [3.8, 4) is 11.3 Å². The SMILES string of the molecule is Cn1cc(-c2nc(C(=O)Cc3cc4cn(CC(=O)O)nc4cc3F)ccc2F)cn1. The van der Waals surface area contributed by atoms with Crippen LogP contribution in [0, 0.1) is 11.6 Å². The first kappa shape index (κ1) is 19.4. The van der Waals surface area contributed by atoms with E-state index in [-0.39, 0.29) is 35.4 Å². The van der Waals surface area contributed by atoms with Crippen LogP contribution in [0.4, 0.5) is 8.78 Å². The Bertz CT molecular complexity index is 1300. The number of carbonyl (C=O) groups is 2. The van der Waals surface area contributed by atoms with Gasteiger partial charge in [0, 0.05) is 42.9 Å². The molecule has 8 nitrogen and oxygen atoms in total. The van der Waals surface area contributed by atoms with E-state index in [4.69, 9.17) is 5.11 Å². The van der Waals surface area contributed by atoms with Crippen LogP contribution in [-0.4, -0.2) is 41.4 Å². The first-order valence-corrected chi connectivity index (χ1v) is 8.86. The van der Waals surface area contributed by atoms with E-state index >= 15 is 0 Å². The normalized spacial score (nSPS) is 11.2. The molecule has 0 fully saturated rings. The van der Waals surface area contributed by atoms with Gasteiger partial charge in [-0.05, 0) is 23.8 Å². The van der Waals surface area contributed by atoms with Crippen molar-refractivity contribution >= 4 is 22.7 Å². The Hall–Kier alpha value is -3.95. The molecule has 0 saturated heterocycles. The number of nitrogens with zero attached hydrogens (tertiary/aromatic N) is 5. The summed E-state index contributed by atoms with van der Waals surface area (Å²) in [7, 11) is 1.67. The molecule has 0 spiro atoms. The van der Waals surface area contributed by atoms with Crippen molar-refractivity contribution in [1.82, 2.24) is 24.5 Å². The highest BCUT2D eigenvalue weighted by Gasteiger charge is 2.17. The molecule has 0 atom stereocenters. The minimum absolute atomic E-state index is 0.00341. The zero-order valence-electron chi connectivity index (χ0n) is 15.7. The number of carboxylic acid groups (broad SMARTS) is 1. The van der Waals surface area contributed by atoms with Crippen LogP contribution in [0.2, 0.25) is 0 Å². The summed E-state index contributed by atoms with van der Waals surface area (Å²) < 4.78 is 31.3. The molecule has 0 aliphatic rings. The number of ketones is 1. The predicted octanol–water partition coefficient (Wildman–Crippen LogP) is 2.62. The number of carboxylic acids is 1. The summed E-state index contributed by atoms with van der Waals surface area (Å²) in [6, 6.07) is 4.98. The van der Waals surface area contributed by atoms with Crippen molar-refractivity contribution in [2.24, 2.45) is 7.05 Å². The molecule has 0 bridgehead atoms. The number of hydrogen-bond donors (Lipinski definition) is 1. The number of benzene rings is 1. The van der Waals surface area contributed by atoms with Gasteiger partial charge in [0.05, 0.1) is 11.7 Å². The minimum Gasteiger partial charge on any atom is -0.480 e. The fourth-order valence-electron chi connectivity index (χ4n) is 3.11. The molecule has 1 aromatic carbocycles. The molecule has 1 N–H and O–H groups in total. The third-order valence-electron chi connectivity index (χ3n) is 4.48. The van der Waals surface area contributed by atoms with E-state index in [9.17, 15) is 18.4 Å². The van der Waals surface area contributed by atoms with E-state index in [2.05, 4.69) is 15.2 Å². The maximum Gasteiger partial charge on any atom is 0.325 e. The Labute approximate surface area is 168 Å². The molecule has 30 heavy (non-hydrogen) atoms. The molecule has 0 aliphatic heterocycles. The molecule has 0 saturated carbocycles. The van der Waals surface area contributed by atoms with Crippen molar-refractivity contribution in [3.63, 3.8) is 0 Å². The zero-order valence-corrected chi connectivity index (χ0v) is 15.7. The van der Waals surface area contributed by atoms with Crippen LogP contribution in [0.25, 0.3) is 22.2 Å². The lowest BCUT2D eigenvalue weighted by Gasteiger charge is -2.05. The molecule has 0 amide bonds. The van der Waals surface area contributed by atoms with Crippen molar-refractivity contribution in [3.05, 3.63) is 65.7 Å². The average molecular weight is 411 g/mol. The zero-order chi connectivity index (χ0) is 21.4. The maximum atomic E-state index is 14.5. The highest BCUT2D eigenvalue weighted by molar-refractivity contribution is 5.96. The van der Waals surface area contributed by atoms with Gasteiger partial charge >= 0.3 is 5.97 Å². The van der Waals surface area contributed by atoms with Gasteiger partial charge in [0.2, 0.25) is 0 Å². The number of rotatable bonds is 6. The van der Waals surface area contributed by atoms with E-state index in [1.165, 1.54) is 33.9 Å². The lowest BCUT2D eigenvalue weighted by atomic mass is 10.0. The third kappa shape index (κ3) is 3.79. The van der Waals surface area contributed by atoms with Gasteiger partial charge in [-0.1, -0.05) is 0 Å². The number of Topliss-reactive ketones (excluding diaryl/α,β-unsaturated/α-hetero) is 1. The third-order valence-corrected chi connectivity index (χ3v) is 4.48. The summed E-state index contributed by atoms with van der Waals surface area (Å²) in [5.41, 5.74) is 0.791. The molecule has 4 rings (SSSR count). The summed E-state index contributed by atoms with van der Waals surface area (Å²) in [6.07, 6.45) is 4.18. The van der Waals surface area contributed by atoms with Crippen molar-refractivity contribution in [2.75, 3.05) is 0 Å². The summed E-state index contributed by atoms with van der Waals surface area (Å²) in [4.78, 5) is 27.6. The van der Waals surface area contributed by atoms with Gasteiger partial charge in [-0.3, -0.25) is 19.0 Å². The lowest BCUT2D eigenvalue weighted by Crippen LogP contribution is -2.08. The van der Waals surface area contributed by atoms with Crippen molar-refractivity contribution in [1.29, 1.82) is 0 Å². The van der Waals surface area contributed by atoms with Gasteiger partial charge in [0.1, 0.15) is 29.6 Å². The Kier molecular flexibility index (Phi) is 4.82. The van der Waals surface area contributed by atoms with Gasteiger partial charge in [0.15, 0.2) is 5.78 Å². The summed E-state index contributed by atoms with van der Waals surface area (Å²) in [5, 5.41) is 17.3. The van der Waals surface area contributed by atoms with Crippen LogP contribution in [-0.2, 0) is 24.8 Å². The van der Waals surface area contributed by atoms with E-state index in [1.54, 1.807) is 13.2 Å². The molecule has 10 heteroatoms. The van der Waals surface area contributed by atoms with Gasteiger partial charge in [-0.2, -0.15) is 10.2 Å². The molecular weight excluding hydrogens is 396 g/mol. The molecule has 3 aromatic heterocycles. The molecule has 0 aliphatic carbocycles. The first-order chi connectivity index (χ1) is 14.3. The van der Waals surface area contributed by atoms with Crippen LogP contribution < -0.4 is 0 Å². The lowest BCUT2D eigenvalue weighted by molar-refractivity contribution is -0.137. The molecule has 0 radical (unpaired) electrons. The summed E-state index contributed by atoms with van der Waals surface area (Å²) >= 11 is 0. The fourth-order valence-corrected chi connectivity index (χ4v) is 3.11. The quantitative estimate of drug-likeness (QED) is 0.489. The van der Waals surface area contributed by atoms with Gasteiger partial charge in [-0.25, -0.2) is 13.8 Å². The van der Waals surface area contributed by atoms with E-state index in [1.807, 2.05) is 0 Å². The van der Waals surface area contributed by atoms with Gasteiger partial charge in [0.25, 0.3) is 0 Å². The smallest absolute Gasteiger partial charge is 0.325 e. The van der Waals surface area contributed by atoms with E-state index in [0.29, 0.717) is 10.9 Å². The number of aryl methyl sites for hydroxylation is 1. The first-order valence-electron chi connectivity index (χ1n) is 8.86. The van der Waals surface area contributed by atoms with Crippen molar-refractivity contribution < 1.29 is 23.5 Å². The highest BCUT2D eigenvalue weighted by atomic mass is 19.1. The van der Waals surface area contributed by atoms with Crippen LogP contribution >= 0.6 is 0 Å². The second kappa shape index (κ2) is 7.47. The Balaban J connectivity index is 1.63. The van der Waals surface area contributed by atoms with E-state index < -0.39 is 23.4 Å². The average Bonchev–Trinajstić information content (AvgIpc) is 3.27. The van der Waals surface area contributed by atoms with Crippen LogP contribution in [0.15, 0.2) is 42.9 Å². The number of pyridine rings is 1. The van der Waals surface area contributed by atoms with E-state index in [0.717, 1.165) is 12.1 Å². The Morgan fingerprint density at radius 3 is 2.63 bits per heavy atom. The van der Waals surface area contributed by atoms with Crippen molar-refractivity contribution in [2.45, 2.75) is 13.0 Å². The maximum absolute atomic E-state index is 14.5.